The smallest absolute Gasteiger partial charge is 0.337 e. The van der Waals surface area contributed by atoms with Crippen LogP contribution in [0.1, 0.15) is 95.1 Å². The second-order valence-electron chi connectivity index (χ2n) is 8.32. The van der Waals surface area contributed by atoms with Crippen molar-refractivity contribution < 1.29 is 9.53 Å². The zero-order valence-electron chi connectivity index (χ0n) is 19.4. The second kappa shape index (κ2) is 15.4. The van der Waals surface area contributed by atoms with Gasteiger partial charge in [0, 0.05) is 24.3 Å². The van der Waals surface area contributed by atoms with Gasteiger partial charge in [-0.1, -0.05) is 108 Å². The van der Waals surface area contributed by atoms with Gasteiger partial charge < -0.3 is 4.74 Å². The molecule has 0 radical (unpaired) electrons. The van der Waals surface area contributed by atoms with E-state index in [0.29, 0.717) is 5.88 Å². The number of aryl methyl sites for hydroxylation is 1. The fourth-order valence-electron chi connectivity index (χ4n) is 3.75. The van der Waals surface area contributed by atoms with E-state index >= 15 is 0 Å². The van der Waals surface area contributed by atoms with Gasteiger partial charge in [-0.25, -0.2) is 9.78 Å². The molecule has 168 valence electrons. The lowest BCUT2D eigenvalue weighted by molar-refractivity contribution is -0.129. The van der Waals surface area contributed by atoms with Gasteiger partial charge in [0.1, 0.15) is 0 Å². The standard InChI is InChI=1S/C28H39NO2/c1-3-5-7-9-11-15-24-19-21-27(29-23-24)31-28(30)22-20-26(18-12-8-6-4-2)25-16-13-10-14-17-25/h10,13-14,16-17,19-23,26H,3-9,11-12,15,18H2,1-2H3/b22-20+. The number of unbranched alkanes of at least 4 members (excludes halogenated alkanes) is 7. The fraction of sp³-hybridized carbons (Fsp3) is 0.500. The number of carbonyl (C=O) groups excluding carboxylic acids is 1. The van der Waals surface area contributed by atoms with Crippen LogP contribution in [0.3, 0.4) is 0 Å². The maximum absolute atomic E-state index is 12.3. The first-order valence-corrected chi connectivity index (χ1v) is 12.1. The van der Waals surface area contributed by atoms with E-state index in [1.54, 1.807) is 12.1 Å². The van der Waals surface area contributed by atoms with Crippen LogP contribution in [0.2, 0.25) is 0 Å². The van der Waals surface area contributed by atoms with Crippen molar-refractivity contribution in [2.24, 2.45) is 0 Å². The molecule has 0 N–H and O–H groups in total. The van der Waals surface area contributed by atoms with Gasteiger partial charge >= 0.3 is 5.97 Å². The van der Waals surface area contributed by atoms with Crippen LogP contribution in [0.4, 0.5) is 0 Å². The molecule has 0 saturated carbocycles. The van der Waals surface area contributed by atoms with Crippen LogP contribution in [-0.4, -0.2) is 11.0 Å². The lowest BCUT2D eigenvalue weighted by Gasteiger charge is -2.13. The van der Waals surface area contributed by atoms with Crippen molar-refractivity contribution in [2.75, 3.05) is 0 Å². The monoisotopic (exact) mass is 421 g/mol. The highest BCUT2D eigenvalue weighted by Crippen LogP contribution is 2.24. The number of ether oxygens (including phenoxy) is 1. The Labute approximate surface area is 188 Å². The van der Waals surface area contributed by atoms with E-state index < -0.39 is 0 Å². The third kappa shape index (κ3) is 10.4. The molecule has 0 saturated heterocycles. The number of hydrogen-bond donors (Lipinski definition) is 0. The van der Waals surface area contributed by atoms with E-state index in [0.717, 1.165) is 19.3 Å². The summed E-state index contributed by atoms with van der Waals surface area (Å²) in [5.74, 6) is 0.228. The number of pyridine rings is 1. The molecule has 3 nitrogen and oxygen atoms in total. The molecule has 0 aliphatic heterocycles. The molecule has 2 rings (SSSR count). The quantitative estimate of drug-likeness (QED) is 0.167. The lowest BCUT2D eigenvalue weighted by atomic mass is 9.92. The Balaban J connectivity index is 1.85. The van der Waals surface area contributed by atoms with Crippen molar-refractivity contribution in [3.63, 3.8) is 0 Å². The fourth-order valence-corrected chi connectivity index (χ4v) is 3.75. The van der Waals surface area contributed by atoms with E-state index in [2.05, 4.69) is 43.1 Å². The zero-order chi connectivity index (χ0) is 22.2. The van der Waals surface area contributed by atoms with Gasteiger partial charge in [-0.3, -0.25) is 0 Å². The van der Waals surface area contributed by atoms with Crippen molar-refractivity contribution in [2.45, 2.75) is 90.4 Å². The van der Waals surface area contributed by atoms with Crippen LogP contribution in [0.15, 0.2) is 60.8 Å². The number of esters is 1. The molecule has 0 amide bonds. The van der Waals surface area contributed by atoms with Crippen molar-refractivity contribution in [3.05, 3.63) is 71.9 Å². The van der Waals surface area contributed by atoms with Gasteiger partial charge in [0.05, 0.1) is 0 Å². The number of aromatic nitrogens is 1. The largest absolute Gasteiger partial charge is 0.404 e. The number of carbonyl (C=O) groups is 1. The minimum Gasteiger partial charge on any atom is -0.404 e. The average molecular weight is 422 g/mol. The molecule has 1 unspecified atom stereocenters. The highest BCUT2D eigenvalue weighted by Gasteiger charge is 2.09. The van der Waals surface area contributed by atoms with E-state index in [9.17, 15) is 4.79 Å². The zero-order valence-corrected chi connectivity index (χ0v) is 19.4. The Morgan fingerprint density at radius 1 is 0.903 bits per heavy atom. The Morgan fingerprint density at radius 3 is 2.29 bits per heavy atom. The van der Waals surface area contributed by atoms with Crippen LogP contribution in [0.5, 0.6) is 5.88 Å². The number of rotatable bonds is 15. The van der Waals surface area contributed by atoms with Crippen LogP contribution >= 0.6 is 0 Å². The van der Waals surface area contributed by atoms with Gasteiger partial charge in [-0.15, -0.1) is 0 Å². The van der Waals surface area contributed by atoms with E-state index in [-0.39, 0.29) is 11.9 Å². The topological polar surface area (TPSA) is 39.2 Å². The molecule has 1 aromatic heterocycles. The molecular formula is C28H39NO2. The summed E-state index contributed by atoms with van der Waals surface area (Å²) in [6.45, 7) is 4.45. The van der Waals surface area contributed by atoms with Crippen LogP contribution < -0.4 is 4.74 Å². The van der Waals surface area contributed by atoms with Gasteiger partial charge in [0.25, 0.3) is 0 Å². The third-order valence-corrected chi connectivity index (χ3v) is 5.63. The summed E-state index contributed by atoms with van der Waals surface area (Å²) in [5.41, 5.74) is 2.44. The Bertz CT molecular complexity index is 752. The lowest BCUT2D eigenvalue weighted by Crippen LogP contribution is -2.06. The number of allylic oxidation sites excluding steroid dienone is 1. The van der Waals surface area contributed by atoms with Crippen molar-refractivity contribution in [1.29, 1.82) is 0 Å². The van der Waals surface area contributed by atoms with Gasteiger partial charge in [0.2, 0.25) is 5.88 Å². The molecule has 1 heterocycles. The Hall–Kier alpha value is -2.42. The average Bonchev–Trinajstić information content (AvgIpc) is 2.80. The number of hydrogen-bond acceptors (Lipinski definition) is 3. The minimum absolute atomic E-state index is 0.230. The molecular weight excluding hydrogens is 382 g/mol. The van der Waals surface area contributed by atoms with Crippen molar-refractivity contribution in [1.82, 2.24) is 4.98 Å². The van der Waals surface area contributed by atoms with Crippen molar-refractivity contribution in [3.8, 4) is 5.88 Å². The van der Waals surface area contributed by atoms with E-state index in [4.69, 9.17) is 4.74 Å². The summed E-state index contributed by atoms with van der Waals surface area (Å²) in [6.07, 6.45) is 18.6. The van der Waals surface area contributed by atoms with Crippen molar-refractivity contribution >= 4 is 5.97 Å². The molecule has 0 spiro atoms. The van der Waals surface area contributed by atoms with Gasteiger partial charge in [0.15, 0.2) is 0 Å². The second-order valence-corrected chi connectivity index (χ2v) is 8.32. The summed E-state index contributed by atoms with van der Waals surface area (Å²) in [4.78, 5) is 16.6. The predicted molar refractivity (Wildman–Crippen MR) is 129 cm³/mol. The first kappa shape index (κ1) is 24.8. The third-order valence-electron chi connectivity index (χ3n) is 5.63. The molecule has 2 aromatic rings. The molecule has 0 bridgehead atoms. The molecule has 3 heteroatoms. The summed E-state index contributed by atoms with van der Waals surface area (Å²) < 4.78 is 5.42. The van der Waals surface area contributed by atoms with Crippen LogP contribution in [0, 0.1) is 0 Å². The summed E-state index contributed by atoms with van der Waals surface area (Å²) in [7, 11) is 0. The maximum Gasteiger partial charge on any atom is 0.337 e. The maximum atomic E-state index is 12.3. The molecule has 1 atom stereocenters. The highest BCUT2D eigenvalue weighted by atomic mass is 16.5. The Kier molecular flexibility index (Phi) is 12.3. The number of benzene rings is 1. The predicted octanol–water partition coefficient (Wildman–Crippen LogP) is 7.81. The van der Waals surface area contributed by atoms with E-state index in [1.807, 2.05) is 24.4 Å². The molecule has 31 heavy (non-hydrogen) atoms. The Morgan fingerprint density at radius 2 is 1.61 bits per heavy atom. The van der Waals surface area contributed by atoms with Crippen LogP contribution in [-0.2, 0) is 11.2 Å². The van der Waals surface area contributed by atoms with Crippen LogP contribution in [0.25, 0.3) is 0 Å². The first-order chi connectivity index (χ1) is 15.2. The molecule has 0 aliphatic carbocycles. The summed E-state index contributed by atoms with van der Waals surface area (Å²) in [5, 5.41) is 0. The van der Waals surface area contributed by atoms with Gasteiger partial charge in [-0.2, -0.15) is 0 Å². The SMILES string of the molecule is CCCCCCCc1ccc(OC(=O)/C=C/C(CCCCCC)c2ccccc2)nc1. The van der Waals surface area contributed by atoms with E-state index in [1.165, 1.54) is 62.5 Å². The first-order valence-electron chi connectivity index (χ1n) is 12.1. The van der Waals surface area contributed by atoms with Gasteiger partial charge in [-0.05, 0) is 30.4 Å². The molecule has 0 fully saturated rings. The minimum atomic E-state index is -0.366. The normalized spacial score (nSPS) is 12.2. The summed E-state index contributed by atoms with van der Waals surface area (Å²) in [6, 6.07) is 14.2. The molecule has 0 aliphatic rings. The highest BCUT2D eigenvalue weighted by molar-refractivity contribution is 5.83. The number of nitrogens with zero attached hydrogens (tertiary/aromatic N) is 1. The summed E-state index contributed by atoms with van der Waals surface area (Å²) >= 11 is 0. The molecule has 1 aromatic carbocycles.